The molecule has 0 radical (unpaired) electrons. The summed E-state index contributed by atoms with van der Waals surface area (Å²) in [7, 11) is 0. The Morgan fingerprint density at radius 1 is 1.38 bits per heavy atom. The number of rotatable bonds is 1. The van der Waals surface area contributed by atoms with Crippen molar-refractivity contribution in [1.82, 2.24) is 14.7 Å². The van der Waals surface area contributed by atoms with Gasteiger partial charge in [-0.1, -0.05) is 0 Å². The van der Waals surface area contributed by atoms with Crippen LogP contribution in [0.4, 0.5) is 18.0 Å². The van der Waals surface area contributed by atoms with Gasteiger partial charge in [-0.25, -0.2) is 4.79 Å². The van der Waals surface area contributed by atoms with Gasteiger partial charge in [0.15, 0.2) is 0 Å². The molecule has 0 saturated carbocycles. The van der Waals surface area contributed by atoms with E-state index >= 15 is 0 Å². The molecule has 2 atom stereocenters. The maximum absolute atomic E-state index is 14.8. The number of halogens is 3. The van der Waals surface area contributed by atoms with Gasteiger partial charge in [0.05, 0.1) is 18.9 Å². The third-order valence-corrected chi connectivity index (χ3v) is 4.97. The number of carbonyl (C=O) groups excluding carboxylic acids is 1. The summed E-state index contributed by atoms with van der Waals surface area (Å²) in [5.74, 6) is -3.83. The van der Waals surface area contributed by atoms with E-state index in [4.69, 9.17) is 4.74 Å². The Hall–Kier alpha value is -1.73. The summed E-state index contributed by atoms with van der Waals surface area (Å²) in [6.07, 6.45) is -0.305. The number of alkyl halides is 3. The van der Waals surface area contributed by atoms with Crippen molar-refractivity contribution >= 4 is 6.09 Å². The molecule has 1 amide bonds. The first kappa shape index (κ1) is 19.0. The molecule has 0 aromatic carbocycles. The molecule has 8 heteroatoms. The number of carbonyl (C=O) groups is 1. The average Bonchev–Trinajstić information content (AvgIpc) is 2.80. The molecule has 0 spiro atoms. The summed E-state index contributed by atoms with van der Waals surface area (Å²) in [5.41, 5.74) is 0.165. The van der Waals surface area contributed by atoms with Crippen LogP contribution >= 0.6 is 0 Å². The predicted molar refractivity (Wildman–Crippen MR) is 89.8 cm³/mol. The van der Waals surface area contributed by atoms with Crippen LogP contribution < -0.4 is 0 Å². The largest absolute Gasteiger partial charge is 0.444 e. The highest BCUT2D eigenvalue weighted by atomic mass is 19.3. The molecule has 0 N–H and O–H groups in total. The van der Waals surface area contributed by atoms with Gasteiger partial charge in [0.1, 0.15) is 11.3 Å². The summed E-state index contributed by atoms with van der Waals surface area (Å²) < 4.78 is 49.5. The Bertz CT molecular complexity index is 697. The second-order valence-electron chi connectivity index (χ2n) is 8.38. The lowest BCUT2D eigenvalue weighted by Gasteiger charge is -2.35. The Kier molecular flexibility index (Phi) is 4.73. The van der Waals surface area contributed by atoms with Crippen LogP contribution in [-0.4, -0.2) is 39.1 Å². The van der Waals surface area contributed by atoms with E-state index in [9.17, 15) is 18.0 Å². The molecular formula is C18H26F3N3O2. The zero-order valence-corrected chi connectivity index (χ0v) is 15.7. The highest BCUT2D eigenvalue weighted by Crippen LogP contribution is 2.43. The SMILES string of the molecule is C[C@@H]1Cc2nn3c(c2CN1C(=O)OC(C)(C)C)C(F)(F)CC(CF)CC3. The smallest absolute Gasteiger partial charge is 0.410 e. The molecule has 26 heavy (non-hydrogen) atoms. The molecule has 0 bridgehead atoms. The van der Waals surface area contributed by atoms with Crippen LogP contribution in [0.3, 0.4) is 0 Å². The van der Waals surface area contributed by atoms with Crippen LogP contribution in [0, 0.1) is 5.92 Å². The number of aryl methyl sites for hydroxylation is 1. The number of ether oxygens (including phenoxy) is 1. The molecule has 5 nitrogen and oxygen atoms in total. The lowest BCUT2D eigenvalue weighted by atomic mass is 9.94. The van der Waals surface area contributed by atoms with Gasteiger partial charge < -0.3 is 9.64 Å². The van der Waals surface area contributed by atoms with Crippen LogP contribution in [-0.2, 0) is 30.2 Å². The lowest BCUT2D eigenvalue weighted by molar-refractivity contribution is -0.0357. The minimum absolute atomic E-state index is 0.0383. The van der Waals surface area contributed by atoms with Crippen molar-refractivity contribution in [3.05, 3.63) is 17.0 Å². The zero-order valence-electron chi connectivity index (χ0n) is 15.7. The van der Waals surface area contributed by atoms with Crippen molar-refractivity contribution in [3.8, 4) is 0 Å². The van der Waals surface area contributed by atoms with Gasteiger partial charge >= 0.3 is 6.09 Å². The quantitative estimate of drug-likeness (QED) is 0.747. The van der Waals surface area contributed by atoms with Crippen molar-refractivity contribution in [3.63, 3.8) is 0 Å². The number of fused-ring (bicyclic) bond motifs is 3. The number of amides is 1. The normalized spacial score (nSPS) is 25.3. The summed E-state index contributed by atoms with van der Waals surface area (Å²) in [5, 5.41) is 4.37. The molecule has 1 aromatic heterocycles. The Morgan fingerprint density at radius 3 is 2.69 bits per heavy atom. The summed E-state index contributed by atoms with van der Waals surface area (Å²) in [6, 6.07) is -0.191. The fourth-order valence-electron chi connectivity index (χ4n) is 3.73. The molecule has 0 aliphatic carbocycles. The minimum Gasteiger partial charge on any atom is -0.444 e. The van der Waals surface area contributed by atoms with E-state index in [0.717, 1.165) is 0 Å². The van der Waals surface area contributed by atoms with Crippen molar-refractivity contribution < 1.29 is 22.7 Å². The van der Waals surface area contributed by atoms with Gasteiger partial charge in [-0.05, 0) is 40.0 Å². The Labute approximate surface area is 151 Å². The van der Waals surface area contributed by atoms with E-state index < -0.39 is 36.6 Å². The van der Waals surface area contributed by atoms with Crippen molar-refractivity contribution in [2.75, 3.05) is 6.67 Å². The number of aromatic nitrogens is 2. The molecule has 1 aromatic rings. The zero-order chi connectivity index (χ0) is 19.3. The van der Waals surface area contributed by atoms with Crippen LogP contribution in [0.5, 0.6) is 0 Å². The minimum atomic E-state index is -3.16. The first-order valence-corrected chi connectivity index (χ1v) is 9.04. The van der Waals surface area contributed by atoms with Gasteiger partial charge in [0, 0.05) is 31.0 Å². The van der Waals surface area contributed by atoms with E-state index in [-0.39, 0.29) is 24.8 Å². The van der Waals surface area contributed by atoms with E-state index in [1.54, 1.807) is 20.8 Å². The van der Waals surface area contributed by atoms with Gasteiger partial charge in [-0.15, -0.1) is 0 Å². The summed E-state index contributed by atoms with van der Waals surface area (Å²) in [6.45, 7) is 6.70. The van der Waals surface area contributed by atoms with E-state index in [1.165, 1.54) is 9.58 Å². The molecule has 0 fully saturated rings. The fourth-order valence-corrected chi connectivity index (χ4v) is 3.73. The van der Waals surface area contributed by atoms with E-state index in [1.807, 2.05) is 6.92 Å². The van der Waals surface area contributed by atoms with Crippen molar-refractivity contribution in [2.45, 2.75) is 77.6 Å². The lowest BCUT2D eigenvalue weighted by Crippen LogP contribution is -2.45. The van der Waals surface area contributed by atoms with Crippen LogP contribution in [0.2, 0.25) is 0 Å². The number of nitrogens with zero attached hydrogens (tertiary/aromatic N) is 3. The predicted octanol–water partition coefficient (Wildman–Crippen LogP) is 4.04. The molecule has 3 heterocycles. The summed E-state index contributed by atoms with van der Waals surface area (Å²) >= 11 is 0. The maximum Gasteiger partial charge on any atom is 0.410 e. The van der Waals surface area contributed by atoms with Crippen LogP contribution in [0.1, 0.15) is 57.5 Å². The molecule has 2 aliphatic rings. The topological polar surface area (TPSA) is 47.4 Å². The molecular weight excluding hydrogens is 347 g/mol. The highest BCUT2D eigenvalue weighted by molar-refractivity contribution is 5.69. The first-order chi connectivity index (χ1) is 12.0. The third-order valence-electron chi connectivity index (χ3n) is 4.97. The first-order valence-electron chi connectivity index (χ1n) is 9.04. The van der Waals surface area contributed by atoms with Gasteiger partial charge in [0.25, 0.3) is 5.92 Å². The standard InChI is InChI=1S/C18H26F3N3O2/c1-11-7-14-13(10-23(11)16(25)26-17(2,3)4)15-18(20,21)8-12(9-19)5-6-24(15)22-14/h11-12H,5-10H2,1-4H3/t11-,12?/m1/s1. The fraction of sp³-hybridized carbons (Fsp3) is 0.778. The number of hydrogen-bond acceptors (Lipinski definition) is 3. The van der Waals surface area contributed by atoms with Gasteiger partial charge in [0.2, 0.25) is 0 Å². The molecule has 146 valence electrons. The molecule has 2 aliphatic heterocycles. The Balaban J connectivity index is 1.93. The second-order valence-corrected chi connectivity index (χ2v) is 8.38. The Morgan fingerprint density at radius 2 is 2.08 bits per heavy atom. The van der Waals surface area contributed by atoms with E-state index in [0.29, 0.717) is 24.1 Å². The van der Waals surface area contributed by atoms with Gasteiger partial charge in [-0.2, -0.15) is 13.9 Å². The second kappa shape index (κ2) is 6.46. The molecule has 1 unspecified atom stereocenters. The van der Waals surface area contributed by atoms with E-state index in [2.05, 4.69) is 5.10 Å². The molecule has 3 rings (SSSR count). The average molecular weight is 373 g/mol. The van der Waals surface area contributed by atoms with Crippen LogP contribution in [0.15, 0.2) is 0 Å². The number of hydrogen-bond donors (Lipinski definition) is 0. The third kappa shape index (κ3) is 3.55. The van der Waals surface area contributed by atoms with Crippen molar-refractivity contribution in [2.24, 2.45) is 5.92 Å². The van der Waals surface area contributed by atoms with Crippen molar-refractivity contribution in [1.29, 1.82) is 0 Å². The summed E-state index contributed by atoms with van der Waals surface area (Å²) in [4.78, 5) is 14.0. The monoisotopic (exact) mass is 373 g/mol. The highest BCUT2D eigenvalue weighted by Gasteiger charge is 2.45. The molecule has 0 saturated heterocycles. The maximum atomic E-state index is 14.8. The van der Waals surface area contributed by atoms with Crippen LogP contribution in [0.25, 0.3) is 0 Å². The van der Waals surface area contributed by atoms with Gasteiger partial charge in [-0.3, -0.25) is 9.07 Å².